The van der Waals surface area contributed by atoms with E-state index in [9.17, 15) is 0 Å². The predicted molar refractivity (Wildman–Crippen MR) is 348 cm³/mol. The molecular weight excluding hydrogens is 997 g/mol. The number of para-hydroxylation sites is 3. The van der Waals surface area contributed by atoms with Gasteiger partial charge in [0.25, 0.3) is 0 Å². The highest BCUT2D eigenvalue weighted by atomic mass is 16.5. The summed E-state index contributed by atoms with van der Waals surface area (Å²) in [5, 5.41) is 2.21. The maximum atomic E-state index is 7.95. The lowest BCUT2D eigenvalue weighted by atomic mass is 9.77. The number of anilines is 4. The topological polar surface area (TPSA) is 33.5 Å². The van der Waals surface area contributed by atoms with Crippen LogP contribution < -0.4 is 14.5 Å². The largest absolute Gasteiger partial charge is 0.457 e. The van der Waals surface area contributed by atoms with E-state index in [2.05, 4.69) is 273 Å². The minimum absolute atomic E-state index is 0.0797. The van der Waals surface area contributed by atoms with Crippen molar-refractivity contribution in [2.24, 2.45) is 0 Å². The molecule has 0 aliphatic carbocycles. The minimum atomic E-state index is -2.18. The maximum absolute atomic E-state index is 7.95. The molecule has 1 aliphatic heterocycles. The fourth-order valence-electron chi connectivity index (χ4n) is 11.7. The molecule has 0 unspecified atom stereocenters. The van der Waals surface area contributed by atoms with Crippen LogP contribution in [0.2, 0.25) is 0 Å². The molecule has 82 heavy (non-hydrogen) atoms. The Bertz CT molecular complexity index is 4290. The van der Waals surface area contributed by atoms with E-state index in [1.54, 1.807) is 12.1 Å². The molecule has 11 aromatic rings. The van der Waals surface area contributed by atoms with Crippen LogP contribution in [0.3, 0.4) is 0 Å². The standard InChI is InChI=1S/C77H76N4O/c1-50-30-32-54(33-31-50)66-48-78-72(47-67(66)77(11,12)13)81-68-27-18-17-26-62(68)63-39-38-61(46-71(63)81)82-60-25-21-24-59(45-60)79-49-80(70-29-20-19-28-69(70)79)73-64(53-36-34-52(35-37-53)51-22-15-14-16-23-51)43-58(76(8,9)10)44-65(73)55-40-56(74(2,3)4)42-57(41-55)75(5,6)7/h14-48H,49H2,1-13H3/i1D3. The number of hydrogen-bond acceptors (Lipinski definition) is 4. The molecule has 0 saturated heterocycles. The van der Waals surface area contributed by atoms with Gasteiger partial charge in [-0.25, -0.2) is 4.98 Å². The van der Waals surface area contributed by atoms with Gasteiger partial charge in [-0.2, -0.15) is 0 Å². The van der Waals surface area contributed by atoms with E-state index in [4.69, 9.17) is 13.8 Å². The number of ether oxygens (including phenoxy) is 1. The van der Waals surface area contributed by atoms with Gasteiger partial charge in [0.2, 0.25) is 0 Å². The molecule has 0 saturated carbocycles. The highest BCUT2D eigenvalue weighted by molar-refractivity contribution is 6.09. The van der Waals surface area contributed by atoms with Crippen LogP contribution in [-0.4, -0.2) is 16.2 Å². The SMILES string of the molecule is [2H]C([2H])([2H])c1ccc(-c2cnc(-n3c4ccccc4c4ccc(Oc5cccc(N6CN(c7c(-c8ccc(-c9ccccc9)cc8)cc(C(C)(C)C)cc7-c7cc(C(C)(C)C)cc(C(C)(C)C)c7)c7ccccc76)c5)cc43)cc2C(C)(C)C)cc1. The highest BCUT2D eigenvalue weighted by Gasteiger charge is 2.34. The van der Waals surface area contributed by atoms with Crippen LogP contribution >= 0.6 is 0 Å². The summed E-state index contributed by atoms with van der Waals surface area (Å²) < 4.78 is 33.0. The zero-order valence-electron chi connectivity index (χ0n) is 52.6. The second-order valence-corrected chi connectivity index (χ2v) is 26.4. The number of pyridine rings is 1. The Morgan fingerprint density at radius 3 is 1.62 bits per heavy atom. The molecule has 0 atom stereocenters. The lowest BCUT2D eigenvalue weighted by Crippen LogP contribution is -2.25. The van der Waals surface area contributed by atoms with Crippen molar-refractivity contribution >= 4 is 44.6 Å². The molecule has 5 heteroatoms. The molecule has 9 aromatic carbocycles. The van der Waals surface area contributed by atoms with Gasteiger partial charge in [0.05, 0.1) is 28.1 Å². The van der Waals surface area contributed by atoms with Crippen LogP contribution in [0.1, 0.15) is 115 Å². The molecule has 12 rings (SSSR count). The van der Waals surface area contributed by atoms with Crippen molar-refractivity contribution < 1.29 is 8.85 Å². The Kier molecular flexibility index (Phi) is 12.5. The first-order valence-electron chi connectivity index (χ1n) is 30.4. The van der Waals surface area contributed by atoms with Crippen molar-refractivity contribution in [3.8, 4) is 61.8 Å². The smallest absolute Gasteiger partial charge is 0.137 e. The van der Waals surface area contributed by atoms with Crippen LogP contribution in [0.15, 0.2) is 212 Å². The normalized spacial score (nSPS) is 13.8. The summed E-state index contributed by atoms with van der Waals surface area (Å²) in [7, 11) is 0. The average molecular weight is 1080 g/mol. The Balaban J connectivity index is 0.957. The van der Waals surface area contributed by atoms with E-state index >= 15 is 0 Å². The molecule has 410 valence electrons. The summed E-state index contributed by atoms with van der Waals surface area (Å²) >= 11 is 0. The van der Waals surface area contributed by atoms with Gasteiger partial charge in [0.1, 0.15) is 24.0 Å². The number of hydrogen-bond donors (Lipinski definition) is 0. The first kappa shape index (κ1) is 50.3. The van der Waals surface area contributed by atoms with Crippen molar-refractivity contribution in [2.45, 2.75) is 112 Å². The third-order valence-corrected chi connectivity index (χ3v) is 16.4. The van der Waals surface area contributed by atoms with Gasteiger partial charge in [0.15, 0.2) is 0 Å². The van der Waals surface area contributed by atoms with Crippen LogP contribution in [0.25, 0.3) is 72.1 Å². The number of benzene rings is 9. The van der Waals surface area contributed by atoms with Crippen molar-refractivity contribution in [1.82, 2.24) is 9.55 Å². The molecule has 1 aliphatic rings. The van der Waals surface area contributed by atoms with Crippen molar-refractivity contribution in [3.63, 3.8) is 0 Å². The Morgan fingerprint density at radius 2 is 0.963 bits per heavy atom. The molecule has 0 amide bonds. The van der Waals surface area contributed by atoms with Crippen LogP contribution in [0.4, 0.5) is 22.7 Å². The summed E-state index contributed by atoms with van der Waals surface area (Å²) in [6.07, 6.45) is 1.93. The molecule has 0 bridgehead atoms. The zero-order valence-corrected chi connectivity index (χ0v) is 49.6. The van der Waals surface area contributed by atoms with Gasteiger partial charge >= 0.3 is 0 Å². The van der Waals surface area contributed by atoms with E-state index < -0.39 is 6.85 Å². The van der Waals surface area contributed by atoms with Gasteiger partial charge < -0.3 is 14.5 Å². The Labute approximate surface area is 490 Å². The van der Waals surface area contributed by atoms with Crippen molar-refractivity contribution in [1.29, 1.82) is 0 Å². The molecule has 0 N–H and O–H groups in total. The fraction of sp³-hybridized carbons (Fsp3) is 0.234. The molecular formula is C77H76N4O. The third-order valence-electron chi connectivity index (χ3n) is 16.4. The van der Waals surface area contributed by atoms with Crippen LogP contribution in [0.5, 0.6) is 11.5 Å². The Hall–Kier alpha value is -8.67. The van der Waals surface area contributed by atoms with E-state index in [1.165, 1.54) is 50.2 Å². The molecule has 0 fully saturated rings. The fourth-order valence-corrected chi connectivity index (χ4v) is 11.7. The molecule has 5 nitrogen and oxygen atoms in total. The third kappa shape index (κ3) is 10.3. The van der Waals surface area contributed by atoms with Gasteiger partial charge in [-0.15, -0.1) is 0 Å². The van der Waals surface area contributed by atoms with E-state index in [0.29, 0.717) is 18.0 Å². The quantitative estimate of drug-likeness (QED) is 0.144. The second-order valence-electron chi connectivity index (χ2n) is 26.4. The van der Waals surface area contributed by atoms with Gasteiger partial charge in [-0.1, -0.05) is 222 Å². The predicted octanol–water partition coefficient (Wildman–Crippen LogP) is 21.4. The number of rotatable bonds is 9. The summed E-state index contributed by atoms with van der Waals surface area (Å²) in [6.45, 7) is 25.9. The molecule has 3 heterocycles. The number of fused-ring (bicyclic) bond motifs is 4. The van der Waals surface area contributed by atoms with Crippen LogP contribution in [0, 0.1) is 6.85 Å². The summed E-state index contributed by atoms with van der Waals surface area (Å²) in [6, 6.07) is 73.6. The summed E-state index contributed by atoms with van der Waals surface area (Å²) in [4.78, 5) is 10.1. The zero-order chi connectivity index (χ0) is 60.0. The van der Waals surface area contributed by atoms with Crippen molar-refractivity contribution in [3.05, 3.63) is 240 Å². The number of aromatic nitrogens is 2. The van der Waals surface area contributed by atoms with Gasteiger partial charge in [-0.05, 0) is 139 Å². The van der Waals surface area contributed by atoms with E-state index in [1.807, 2.05) is 24.4 Å². The summed E-state index contributed by atoms with van der Waals surface area (Å²) in [5.41, 5.74) is 20.2. The first-order valence-corrected chi connectivity index (χ1v) is 28.9. The lowest BCUT2D eigenvalue weighted by molar-refractivity contribution is 0.483. The monoisotopic (exact) mass is 1080 g/mol. The number of nitrogens with zero attached hydrogens (tertiary/aromatic N) is 4. The van der Waals surface area contributed by atoms with Crippen LogP contribution in [-0.2, 0) is 21.7 Å². The first-order chi connectivity index (χ1) is 40.3. The van der Waals surface area contributed by atoms with Crippen molar-refractivity contribution in [2.75, 3.05) is 16.5 Å². The van der Waals surface area contributed by atoms with Gasteiger partial charge in [0, 0.05) is 55.6 Å². The lowest BCUT2D eigenvalue weighted by Gasteiger charge is -2.32. The maximum Gasteiger partial charge on any atom is 0.137 e. The minimum Gasteiger partial charge on any atom is -0.457 e. The number of aryl methyl sites for hydroxylation is 1. The molecule has 2 aromatic heterocycles. The highest BCUT2D eigenvalue weighted by Crippen LogP contribution is 2.53. The van der Waals surface area contributed by atoms with E-state index in [-0.39, 0.29) is 21.7 Å². The summed E-state index contributed by atoms with van der Waals surface area (Å²) in [5.74, 6) is 2.22. The van der Waals surface area contributed by atoms with Gasteiger partial charge in [-0.3, -0.25) is 4.57 Å². The second kappa shape index (κ2) is 20.4. The molecule has 0 spiro atoms. The van der Waals surface area contributed by atoms with E-state index in [0.717, 1.165) is 72.7 Å². The molecule has 0 radical (unpaired) electrons. The Morgan fingerprint density at radius 1 is 0.415 bits per heavy atom. The average Bonchev–Trinajstić information content (AvgIpc) is 2.59.